The van der Waals surface area contributed by atoms with Crippen molar-refractivity contribution in [2.45, 2.75) is 324 Å². The molecule has 0 heterocycles. The Morgan fingerprint density at radius 3 is 0.652 bits per heavy atom. The second kappa shape index (κ2) is 59.1. The number of unbranched alkanes of at least 4 members (excludes halogenated alkanes) is 36. The molecule has 0 N–H and O–H groups in total. The van der Waals surface area contributed by atoms with Gasteiger partial charge in [-0.15, -0.1) is 0 Å². The Morgan fingerprint density at radius 2 is 0.406 bits per heavy atom. The molecule has 0 saturated heterocycles. The first kappa shape index (κ1) is 67.6. The van der Waals surface area contributed by atoms with Gasteiger partial charge in [-0.3, -0.25) is 0 Å². The van der Waals surface area contributed by atoms with Crippen molar-refractivity contribution < 1.29 is 33.2 Å². The normalized spacial score (nSPS) is 12.4. The van der Waals surface area contributed by atoms with Gasteiger partial charge in [0.2, 0.25) is 0 Å². The molecule has 7 nitrogen and oxygen atoms in total. The lowest BCUT2D eigenvalue weighted by Gasteiger charge is -2.19. The topological polar surface area (TPSA) is 64.6 Å². The molecule has 0 atom stereocenters. The van der Waals surface area contributed by atoms with Gasteiger partial charge in [-0.05, 0) is 38.5 Å². The van der Waals surface area contributed by atoms with E-state index in [-0.39, 0.29) is 13.6 Å². The summed E-state index contributed by atoms with van der Waals surface area (Å²) in [5.41, 5.74) is 0. The van der Waals surface area contributed by atoms with Crippen molar-refractivity contribution in [1.29, 1.82) is 0 Å². The average molecular weight is 980 g/mol. The molecule has 0 saturated carbocycles. The van der Waals surface area contributed by atoms with E-state index in [1.165, 1.54) is 231 Å². The minimum Gasteiger partial charge on any atom is -0.494 e. The van der Waals surface area contributed by atoms with E-state index in [1.54, 1.807) is 0 Å². The van der Waals surface area contributed by atoms with Crippen LogP contribution in [0.25, 0.3) is 0 Å². The number of allylic oxidation sites excluding steroid dienone is 2. The van der Waals surface area contributed by atoms with Crippen molar-refractivity contribution in [3.63, 3.8) is 0 Å². The molecule has 69 heavy (non-hydrogen) atoms. The van der Waals surface area contributed by atoms with Crippen molar-refractivity contribution in [1.82, 2.24) is 0 Å². The van der Waals surface area contributed by atoms with E-state index in [9.17, 15) is 0 Å². The molecule has 0 bridgehead atoms. The van der Waals surface area contributed by atoms with Crippen LogP contribution >= 0.6 is 0 Å². The number of hydrogen-bond donors (Lipinski definition) is 0. The lowest BCUT2D eigenvalue weighted by Crippen LogP contribution is -2.14. The smallest absolute Gasteiger partial charge is 0.159 e. The Balaban J connectivity index is 5.74. The molecule has 7 heteroatoms. The number of hydrogen-bond acceptors (Lipinski definition) is 7. The fraction of sp³-hybridized carbons (Fsp3) is 0.935. The van der Waals surface area contributed by atoms with Gasteiger partial charge in [0, 0.05) is 12.8 Å². The van der Waals surface area contributed by atoms with E-state index in [0.29, 0.717) is 26.4 Å². The second-order valence-electron chi connectivity index (χ2n) is 20.5. The van der Waals surface area contributed by atoms with Crippen molar-refractivity contribution in [2.75, 3.05) is 53.2 Å². The van der Waals surface area contributed by atoms with Crippen LogP contribution in [0.4, 0.5) is 0 Å². The molecule has 0 aromatic heterocycles. The van der Waals surface area contributed by atoms with Crippen LogP contribution in [0.5, 0.6) is 0 Å². The van der Waals surface area contributed by atoms with E-state index in [0.717, 1.165) is 87.6 Å². The van der Waals surface area contributed by atoms with Gasteiger partial charge in [-0.25, -0.2) is 0 Å². The molecule has 0 aliphatic carbocycles. The summed E-state index contributed by atoms with van der Waals surface area (Å²) in [4.78, 5) is 0. The summed E-state index contributed by atoms with van der Waals surface area (Å²) in [5, 5.41) is 0. The summed E-state index contributed by atoms with van der Waals surface area (Å²) in [6, 6.07) is 0. The highest BCUT2D eigenvalue weighted by atomic mass is 16.7. The molecule has 0 fully saturated rings. The van der Waals surface area contributed by atoms with Crippen LogP contribution in [-0.4, -0.2) is 53.2 Å². The minimum absolute atomic E-state index is 0.129. The maximum Gasteiger partial charge on any atom is 0.159 e. The fourth-order valence-electron chi connectivity index (χ4n) is 8.91. The minimum atomic E-state index is 0.129. The Labute approximate surface area is 431 Å². The van der Waals surface area contributed by atoms with Crippen LogP contribution < -0.4 is 0 Å². The summed E-state index contributed by atoms with van der Waals surface area (Å²) in [6.45, 7) is 17.6. The molecule has 0 amide bonds. The Morgan fingerprint density at radius 1 is 0.203 bits per heavy atom. The van der Waals surface area contributed by atoms with Gasteiger partial charge in [0.15, 0.2) is 11.5 Å². The fourth-order valence-corrected chi connectivity index (χ4v) is 8.91. The molecule has 412 valence electrons. The Hall–Kier alpha value is -1.44. The van der Waals surface area contributed by atoms with Gasteiger partial charge < -0.3 is 33.2 Å². The molecule has 0 aromatic rings. The van der Waals surface area contributed by atoms with Crippen LogP contribution in [0.15, 0.2) is 23.0 Å². The van der Waals surface area contributed by atoms with Crippen molar-refractivity contribution >= 4 is 0 Å². The van der Waals surface area contributed by atoms with Gasteiger partial charge in [-0.2, -0.15) is 0 Å². The van der Waals surface area contributed by atoms with Crippen LogP contribution in [-0.2, 0) is 33.2 Å². The van der Waals surface area contributed by atoms with Crippen molar-refractivity contribution in [3.05, 3.63) is 23.0 Å². The van der Waals surface area contributed by atoms with Gasteiger partial charge in [0.05, 0.1) is 26.4 Å². The van der Waals surface area contributed by atoms with Gasteiger partial charge in [-0.1, -0.05) is 273 Å². The van der Waals surface area contributed by atoms with Gasteiger partial charge in [0.25, 0.3) is 0 Å². The number of ether oxygens (including phenoxy) is 7. The van der Waals surface area contributed by atoms with Gasteiger partial charge >= 0.3 is 0 Å². The molecule has 0 spiro atoms. The molecular formula is C62H122O7. The summed E-state index contributed by atoms with van der Waals surface area (Å²) in [6.07, 6.45) is 55.2. The quantitative estimate of drug-likeness (QED) is 0.0342. The highest BCUT2D eigenvalue weighted by Crippen LogP contribution is 2.23. The summed E-state index contributed by atoms with van der Waals surface area (Å²) < 4.78 is 44.7. The average Bonchev–Trinajstić information content (AvgIpc) is 3.36. The van der Waals surface area contributed by atoms with Crippen LogP contribution in [0.3, 0.4) is 0 Å². The molecule has 0 radical (unpaired) electrons. The van der Waals surface area contributed by atoms with Crippen molar-refractivity contribution in [2.24, 2.45) is 0 Å². The lowest BCUT2D eigenvalue weighted by atomic mass is 10.1. The predicted molar refractivity (Wildman–Crippen MR) is 298 cm³/mol. The van der Waals surface area contributed by atoms with Crippen LogP contribution in [0, 0.1) is 0 Å². The highest BCUT2D eigenvalue weighted by molar-refractivity contribution is 5.03. The van der Waals surface area contributed by atoms with E-state index in [1.807, 2.05) is 0 Å². The zero-order valence-corrected chi connectivity index (χ0v) is 47.6. The predicted octanol–water partition coefficient (Wildman–Crippen LogP) is 20.7. The third-order valence-electron chi connectivity index (χ3n) is 13.5. The molecule has 0 aliphatic heterocycles. The molecule has 0 unspecified atom stereocenters. The summed E-state index contributed by atoms with van der Waals surface area (Å²) in [5.74, 6) is 3.70. The van der Waals surface area contributed by atoms with Crippen LogP contribution in [0.2, 0.25) is 0 Å². The highest BCUT2D eigenvalue weighted by Gasteiger charge is 2.14. The van der Waals surface area contributed by atoms with Gasteiger partial charge in [0.1, 0.15) is 38.3 Å². The molecular weight excluding hydrogens is 857 g/mol. The zero-order chi connectivity index (χ0) is 50.0. The first-order chi connectivity index (χ1) is 34.2. The lowest BCUT2D eigenvalue weighted by molar-refractivity contribution is -0.132. The maximum atomic E-state index is 6.60. The number of rotatable bonds is 60. The van der Waals surface area contributed by atoms with E-state index in [2.05, 4.69) is 41.5 Å². The largest absolute Gasteiger partial charge is 0.494 e. The maximum absolute atomic E-state index is 6.60. The monoisotopic (exact) mass is 979 g/mol. The first-order valence-corrected chi connectivity index (χ1v) is 30.9. The van der Waals surface area contributed by atoms with Crippen LogP contribution in [0.1, 0.15) is 324 Å². The molecule has 0 aliphatic rings. The third-order valence-corrected chi connectivity index (χ3v) is 13.5. The Kier molecular flexibility index (Phi) is 57.9. The standard InChI is InChI=1S/C62H122O7/c1-7-13-19-25-31-33-35-37-43-49-59(66-51-45-39-27-21-15-9-3)61(68-53-47-41-29-23-17-11-5)55-63-57-65-58-64-56-62(69-54-48-42-30-24-18-12-6)60(67-52-46-40-28-22-16-10-4)50-44-38-36-34-32-26-20-14-8-2/h7-58H2,1-6H3. The Bertz CT molecular complexity index is 964. The SMILES string of the molecule is CCCCCCCCCCCC(OCCCCCCCC)=C(COCOCOCC(OCCCCCCCC)=C(CCCCCCCCCCC)OCCCCCCCC)OCCCCCCCC. The summed E-state index contributed by atoms with van der Waals surface area (Å²) >= 11 is 0. The second-order valence-corrected chi connectivity index (χ2v) is 20.5. The summed E-state index contributed by atoms with van der Waals surface area (Å²) in [7, 11) is 0. The van der Waals surface area contributed by atoms with E-state index < -0.39 is 0 Å². The molecule has 0 rings (SSSR count). The van der Waals surface area contributed by atoms with E-state index >= 15 is 0 Å². The first-order valence-electron chi connectivity index (χ1n) is 30.9. The zero-order valence-electron chi connectivity index (χ0n) is 47.6. The van der Waals surface area contributed by atoms with E-state index in [4.69, 9.17) is 33.2 Å². The molecule has 0 aromatic carbocycles. The van der Waals surface area contributed by atoms with Crippen molar-refractivity contribution in [3.8, 4) is 0 Å². The third kappa shape index (κ3) is 49.9.